The molecular formula is C28H40. The van der Waals surface area contributed by atoms with Gasteiger partial charge in [-0.2, -0.15) is 0 Å². The number of fused-ring (bicyclic) bond motifs is 7. The molecule has 0 bridgehead atoms. The molecule has 28 heavy (non-hydrogen) atoms. The van der Waals surface area contributed by atoms with Crippen LogP contribution in [0.2, 0.25) is 0 Å². The van der Waals surface area contributed by atoms with Crippen molar-refractivity contribution in [2.24, 2.45) is 34.0 Å². The molecule has 152 valence electrons. The molecule has 2 fully saturated rings. The lowest BCUT2D eigenvalue weighted by Gasteiger charge is -2.66. The molecule has 5 rings (SSSR count). The van der Waals surface area contributed by atoms with Crippen LogP contribution in [0.5, 0.6) is 0 Å². The Bertz CT molecular complexity index is 830. The van der Waals surface area contributed by atoms with E-state index in [2.05, 4.69) is 65.8 Å². The highest BCUT2D eigenvalue weighted by molar-refractivity contribution is 5.45. The van der Waals surface area contributed by atoms with Gasteiger partial charge in [0.25, 0.3) is 0 Å². The number of hydrogen-bond acceptors (Lipinski definition) is 0. The van der Waals surface area contributed by atoms with Gasteiger partial charge in [0.1, 0.15) is 0 Å². The Morgan fingerprint density at radius 3 is 2.54 bits per heavy atom. The average Bonchev–Trinajstić information content (AvgIpc) is 2.66. The molecule has 0 nitrogen and oxygen atoms in total. The summed E-state index contributed by atoms with van der Waals surface area (Å²) in [6.45, 7) is 15.4. The van der Waals surface area contributed by atoms with Gasteiger partial charge in [-0.05, 0) is 108 Å². The molecular weight excluding hydrogens is 336 g/mol. The van der Waals surface area contributed by atoms with Gasteiger partial charge in [-0.1, -0.05) is 64.5 Å². The van der Waals surface area contributed by atoms with Crippen LogP contribution in [-0.4, -0.2) is 0 Å². The molecule has 0 N–H and O–H groups in total. The lowest BCUT2D eigenvalue weighted by Crippen LogP contribution is -2.56. The molecule has 7 atom stereocenters. The summed E-state index contributed by atoms with van der Waals surface area (Å²) in [7, 11) is 0. The lowest BCUT2D eigenvalue weighted by atomic mass is 9.39. The molecule has 1 aromatic carbocycles. The maximum Gasteiger partial charge on any atom is -0.00533 e. The second-order valence-electron chi connectivity index (χ2n) is 11.8. The quantitative estimate of drug-likeness (QED) is 0.404. The van der Waals surface area contributed by atoms with E-state index in [0.29, 0.717) is 22.2 Å². The monoisotopic (exact) mass is 376 g/mol. The van der Waals surface area contributed by atoms with E-state index in [4.69, 9.17) is 0 Å². The summed E-state index contributed by atoms with van der Waals surface area (Å²) in [4.78, 5) is 0. The molecule has 7 unspecified atom stereocenters. The third kappa shape index (κ3) is 2.24. The van der Waals surface area contributed by atoms with E-state index in [1.165, 1.54) is 50.5 Å². The van der Waals surface area contributed by atoms with Crippen molar-refractivity contribution >= 4 is 0 Å². The van der Waals surface area contributed by atoms with E-state index in [0.717, 1.165) is 17.8 Å². The Morgan fingerprint density at radius 1 is 0.964 bits per heavy atom. The van der Waals surface area contributed by atoms with E-state index in [1.807, 2.05) is 5.57 Å². The Balaban J connectivity index is 1.64. The molecule has 0 aromatic heterocycles. The molecule has 0 radical (unpaired) electrons. The first kappa shape index (κ1) is 19.0. The fourth-order valence-electron chi connectivity index (χ4n) is 8.46. The van der Waals surface area contributed by atoms with Gasteiger partial charge in [0, 0.05) is 0 Å². The molecule has 0 amide bonds. The topological polar surface area (TPSA) is 0 Å². The van der Waals surface area contributed by atoms with Gasteiger partial charge in [-0.25, -0.2) is 0 Å². The Kier molecular flexibility index (Phi) is 4.06. The third-order valence-corrected chi connectivity index (χ3v) is 10.8. The first-order valence-corrected chi connectivity index (χ1v) is 12.0. The third-order valence-electron chi connectivity index (χ3n) is 10.8. The maximum atomic E-state index is 2.76. The highest BCUT2D eigenvalue weighted by Crippen LogP contribution is 2.71. The summed E-state index contributed by atoms with van der Waals surface area (Å²) in [5.41, 5.74) is 8.10. The summed E-state index contributed by atoms with van der Waals surface area (Å²) >= 11 is 0. The van der Waals surface area contributed by atoms with Crippen molar-refractivity contribution < 1.29 is 0 Å². The maximum absolute atomic E-state index is 2.76. The van der Waals surface area contributed by atoms with Crippen LogP contribution in [0.4, 0.5) is 0 Å². The van der Waals surface area contributed by atoms with Crippen molar-refractivity contribution in [2.75, 3.05) is 0 Å². The number of benzene rings is 1. The van der Waals surface area contributed by atoms with E-state index >= 15 is 0 Å². The van der Waals surface area contributed by atoms with Crippen LogP contribution < -0.4 is 0 Å². The Morgan fingerprint density at radius 2 is 1.75 bits per heavy atom. The van der Waals surface area contributed by atoms with Crippen LogP contribution in [-0.2, 0) is 6.42 Å². The second kappa shape index (κ2) is 5.99. The van der Waals surface area contributed by atoms with Crippen molar-refractivity contribution in [3.63, 3.8) is 0 Å². The summed E-state index contributed by atoms with van der Waals surface area (Å²) in [5.74, 6) is 3.24. The van der Waals surface area contributed by atoms with Gasteiger partial charge in [-0.3, -0.25) is 0 Å². The van der Waals surface area contributed by atoms with Gasteiger partial charge in [0.05, 0.1) is 0 Å². The zero-order valence-corrected chi connectivity index (χ0v) is 19.1. The zero-order valence-electron chi connectivity index (χ0n) is 19.1. The van der Waals surface area contributed by atoms with Crippen molar-refractivity contribution in [3.8, 4) is 0 Å². The van der Waals surface area contributed by atoms with Crippen LogP contribution in [0, 0.1) is 40.9 Å². The number of hydrogen-bond donors (Lipinski definition) is 0. The lowest BCUT2D eigenvalue weighted by molar-refractivity contribution is -0.0653. The molecule has 0 heterocycles. The number of aryl methyl sites for hydroxylation is 1. The summed E-state index contributed by atoms with van der Waals surface area (Å²) in [6, 6.07) is 7.10. The van der Waals surface area contributed by atoms with Crippen molar-refractivity contribution in [1.82, 2.24) is 0 Å². The normalized spacial score (nSPS) is 47.3. The first-order valence-electron chi connectivity index (χ1n) is 12.0. The van der Waals surface area contributed by atoms with Gasteiger partial charge in [-0.15, -0.1) is 0 Å². The van der Waals surface area contributed by atoms with Gasteiger partial charge in [0.2, 0.25) is 0 Å². The minimum atomic E-state index is 0.382. The highest BCUT2D eigenvalue weighted by Gasteiger charge is 2.61. The number of allylic oxidation sites excluding steroid dienone is 2. The predicted molar refractivity (Wildman–Crippen MR) is 120 cm³/mol. The second-order valence-corrected chi connectivity index (χ2v) is 11.8. The Hall–Kier alpha value is -1.04. The number of rotatable bonds is 0. The zero-order chi connectivity index (χ0) is 19.9. The predicted octanol–water partition coefficient (Wildman–Crippen LogP) is 7.85. The molecule has 0 spiro atoms. The summed E-state index contributed by atoms with van der Waals surface area (Å²) in [6.07, 6.45) is 12.4. The Labute approximate surface area is 173 Å². The molecule has 2 saturated carbocycles. The summed E-state index contributed by atoms with van der Waals surface area (Å²) < 4.78 is 0. The average molecular weight is 377 g/mol. The molecule has 0 heteroatoms. The van der Waals surface area contributed by atoms with Crippen LogP contribution in [0.3, 0.4) is 0 Å². The van der Waals surface area contributed by atoms with E-state index in [9.17, 15) is 0 Å². The van der Waals surface area contributed by atoms with Crippen LogP contribution in [0.25, 0.3) is 0 Å². The van der Waals surface area contributed by atoms with Crippen LogP contribution >= 0.6 is 0 Å². The molecule has 0 aliphatic heterocycles. The molecule has 4 aliphatic rings. The van der Waals surface area contributed by atoms with E-state index in [-0.39, 0.29) is 0 Å². The molecule has 0 saturated heterocycles. The molecule has 4 aliphatic carbocycles. The standard InChI is InChI=1S/C28H40/c1-18-12-14-26(4)16-17-28(6)24(25(26)20(18)3)11-10-23-22-9-7-8-19(2)21(22)13-15-27(23,28)5/h7-9,11,18,20,23,25H,10,12-17H2,1-6H3. The SMILES string of the molecule is Cc1cccc2c1CCC1(C)C2CC=C2C3C(C)C(C)CCC3(C)CCC21C. The van der Waals surface area contributed by atoms with E-state index in [1.54, 1.807) is 11.1 Å². The van der Waals surface area contributed by atoms with Crippen molar-refractivity contribution in [2.45, 2.75) is 92.4 Å². The highest BCUT2D eigenvalue weighted by atomic mass is 14.7. The van der Waals surface area contributed by atoms with Crippen molar-refractivity contribution in [1.29, 1.82) is 0 Å². The smallest absolute Gasteiger partial charge is 0.00533 e. The minimum Gasteiger partial charge on any atom is -0.0838 e. The largest absolute Gasteiger partial charge is 0.0838 e. The van der Waals surface area contributed by atoms with E-state index < -0.39 is 0 Å². The fourth-order valence-corrected chi connectivity index (χ4v) is 8.46. The van der Waals surface area contributed by atoms with Crippen molar-refractivity contribution in [3.05, 3.63) is 46.5 Å². The minimum absolute atomic E-state index is 0.382. The first-order chi connectivity index (χ1) is 13.2. The van der Waals surface area contributed by atoms with Gasteiger partial charge < -0.3 is 0 Å². The van der Waals surface area contributed by atoms with Gasteiger partial charge >= 0.3 is 0 Å². The van der Waals surface area contributed by atoms with Crippen LogP contribution in [0.15, 0.2) is 29.8 Å². The fraction of sp³-hybridized carbons (Fsp3) is 0.714. The van der Waals surface area contributed by atoms with Gasteiger partial charge in [0.15, 0.2) is 0 Å². The summed E-state index contributed by atoms with van der Waals surface area (Å²) in [5, 5.41) is 0. The molecule has 1 aromatic rings. The van der Waals surface area contributed by atoms with Crippen LogP contribution in [0.1, 0.15) is 95.8 Å².